The number of aliphatic carboxylic acids is 1. The second kappa shape index (κ2) is 7.02. The SMILES string of the molecule is CN(C)CCNC(=O)NC[C@H](O)C(=O)O. The number of aliphatic hydroxyl groups is 1. The number of nitrogens with one attached hydrogen (secondary N) is 2. The molecule has 0 radical (unpaired) electrons. The van der Waals surface area contributed by atoms with E-state index in [0.717, 1.165) is 0 Å². The molecule has 0 aromatic carbocycles. The molecule has 2 amide bonds. The maximum atomic E-state index is 11.0. The van der Waals surface area contributed by atoms with Gasteiger partial charge in [0.1, 0.15) is 0 Å². The number of hydrogen-bond donors (Lipinski definition) is 4. The highest BCUT2D eigenvalue weighted by Gasteiger charge is 2.13. The monoisotopic (exact) mass is 219 g/mol. The molecule has 0 unspecified atom stereocenters. The van der Waals surface area contributed by atoms with Crippen LogP contribution in [0.5, 0.6) is 0 Å². The summed E-state index contributed by atoms with van der Waals surface area (Å²) in [6.07, 6.45) is -1.57. The van der Waals surface area contributed by atoms with Crippen LogP contribution in [0.1, 0.15) is 0 Å². The summed E-state index contributed by atoms with van der Waals surface area (Å²) in [4.78, 5) is 23.1. The molecule has 0 spiro atoms. The average Bonchev–Trinajstić information content (AvgIpc) is 2.13. The molecule has 7 heteroatoms. The van der Waals surface area contributed by atoms with Gasteiger partial charge in [-0.05, 0) is 14.1 Å². The van der Waals surface area contributed by atoms with Crippen LogP contribution < -0.4 is 10.6 Å². The molecule has 0 fully saturated rings. The second-order valence-corrected chi connectivity index (χ2v) is 3.29. The minimum Gasteiger partial charge on any atom is -0.479 e. The molecule has 88 valence electrons. The standard InChI is InChI=1S/C8H17N3O4/c1-11(2)4-3-9-8(15)10-5-6(12)7(13)14/h6,12H,3-5H2,1-2H3,(H,13,14)(H2,9,10,15)/t6-/m0/s1. The van der Waals surface area contributed by atoms with Crippen molar-refractivity contribution in [3.63, 3.8) is 0 Å². The molecule has 7 nitrogen and oxygen atoms in total. The van der Waals surface area contributed by atoms with Crippen molar-refractivity contribution in [1.29, 1.82) is 0 Å². The molecule has 0 saturated heterocycles. The number of rotatable bonds is 6. The van der Waals surface area contributed by atoms with Crippen LogP contribution in [0.25, 0.3) is 0 Å². The number of carboxylic acids is 1. The van der Waals surface area contributed by atoms with Crippen molar-refractivity contribution in [2.45, 2.75) is 6.10 Å². The van der Waals surface area contributed by atoms with E-state index in [2.05, 4.69) is 10.6 Å². The topological polar surface area (TPSA) is 102 Å². The van der Waals surface area contributed by atoms with Crippen LogP contribution in [0, 0.1) is 0 Å². The van der Waals surface area contributed by atoms with Crippen LogP contribution in [0.4, 0.5) is 4.79 Å². The van der Waals surface area contributed by atoms with E-state index in [1.54, 1.807) is 0 Å². The molecule has 0 bridgehead atoms. The van der Waals surface area contributed by atoms with E-state index in [0.29, 0.717) is 13.1 Å². The zero-order chi connectivity index (χ0) is 11.8. The molecular weight excluding hydrogens is 202 g/mol. The van der Waals surface area contributed by atoms with Crippen molar-refractivity contribution in [2.24, 2.45) is 0 Å². The number of carbonyl (C=O) groups is 2. The quantitative estimate of drug-likeness (QED) is 0.426. The van der Waals surface area contributed by atoms with Crippen molar-refractivity contribution in [3.05, 3.63) is 0 Å². The van der Waals surface area contributed by atoms with Gasteiger partial charge in [-0.2, -0.15) is 0 Å². The van der Waals surface area contributed by atoms with E-state index in [1.165, 1.54) is 0 Å². The number of aliphatic hydroxyl groups excluding tert-OH is 1. The number of carbonyl (C=O) groups excluding carboxylic acids is 1. The number of nitrogens with zero attached hydrogens (tertiary/aromatic N) is 1. The fourth-order valence-corrected chi connectivity index (χ4v) is 0.732. The first kappa shape index (κ1) is 13.7. The molecule has 0 aromatic heterocycles. The lowest BCUT2D eigenvalue weighted by atomic mass is 10.4. The smallest absolute Gasteiger partial charge is 0.334 e. The lowest BCUT2D eigenvalue weighted by Crippen LogP contribution is -2.43. The Morgan fingerprint density at radius 3 is 2.40 bits per heavy atom. The summed E-state index contributed by atoms with van der Waals surface area (Å²) in [6.45, 7) is 0.847. The van der Waals surface area contributed by atoms with Gasteiger partial charge < -0.3 is 25.7 Å². The Bertz CT molecular complexity index is 220. The van der Waals surface area contributed by atoms with E-state index in [9.17, 15) is 9.59 Å². The predicted octanol–water partition coefficient (Wildman–Crippen LogP) is -1.71. The molecule has 0 aliphatic carbocycles. The summed E-state index contributed by atoms with van der Waals surface area (Å²) in [5.74, 6) is -1.36. The second-order valence-electron chi connectivity index (χ2n) is 3.29. The largest absolute Gasteiger partial charge is 0.479 e. The number of amides is 2. The van der Waals surface area contributed by atoms with Gasteiger partial charge in [0.15, 0.2) is 6.10 Å². The van der Waals surface area contributed by atoms with Crippen LogP contribution in [0.3, 0.4) is 0 Å². The first-order valence-corrected chi connectivity index (χ1v) is 4.50. The fourth-order valence-electron chi connectivity index (χ4n) is 0.732. The zero-order valence-electron chi connectivity index (χ0n) is 8.86. The predicted molar refractivity (Wildman–Crippen MR) is 53.6 cm³/mol. The van der Waals surface area contributed by atoms with Gasteiger partial charge in [0.05, 0.1) is 6.54 Å². The number of carboxylic acid groups (broad SMARTS) is 1. The van der Waals surface area contributed by atoms with Crippen LogP contribution in [-0.4, -0.2) is 66.9 Å². The number of likely N-dealkylation sites (N-methyl/N-ethyl adjacent to an activating group) is 1. The molecule has 4 N–H and O–H groups in total. The third kappa shape index (κ3) is 7.71. The molecule has 0 aliphatic rings. The van der Waals surface area contributed by atoms with Crippen LogP contribution in [0.2, 0.25) is 0 Å². The lowest BCUT2D eigenvalue weighted by molar-refractivity contribution is -0.146. The minimum absolute atomic E-state index is 0.302. The molecule has 0 heterocycles. The molecular formula is C8H17N3O4. The van der Waals surface area contributed by atoms with Gasteiger partial charge in [0.2, 0.25) is 0 Å². The van der Waals surface area contributed by atoms with E-state index in [1.807, 2.05) is 19.0 Å². The zero-order valence-corrected chi connectivity index (χ0v) is 8.86. The first-order valence-electron chi connectivity index (χ1n) is 4.50. The molecule has 0 saturated carbocycles. The summed E-state index contributed by atoms with van der Waals surface area (Å²) in [5.41, 5.74) is 0. The van der Waals surface area contributed by atoms with Gasteiger partial charge in [-0.25, -0.2) is 9.59 Å². The summed E-state index contributed by atoms with van der Waals surface area (Å²) in [6, 6.07) is -0.489. The van der Waals surface area contributed by atoms with E-state index >= 15 is 0 Å². The lowest BCUT2D eigenvalue weighted by Gasteiger charge is -2.12. The van der Waals surface area contributed by atoms with Crippen molar-refractivity contribution in [1.82, 2.24) is 15.5 Å². The van der Waals surface area contributed by atoms with Gasteiger partial charge in [-0.15, -0.1) is 0 Å². The van der Waals surface area contributed by atoms with Gasteiger partial charge in [0, 0.05) is 13.1 Å². The van der Waals surface area contributed by atoms with Crippen molar-refractivity contribution in [3.8, 4) is 0 Å². The van der Waals surface area contributed by atoms with Gasteiger partial charge in [-0.1, -0.05) is 0 Å². The summed E-state index contributed by atoms with van der Waals surface area (Å²) >= 11 is 0. The Morgan fingerprint density at radius 1 is 1.33 bits per heavy atom. The highest BCUT2D eigenvalue weighted by Crippen LogP contribution is 1.79. The van der Waals surface area contributed by atoms with Crippen molar-refractivity contribution >= 4 is 12.0 Å². The van der Waals surface area contributed by atoms with Crippen LogP contribution >= 0.6 is 0 Å². The molecule has 0 aliphatic heterocycles. The highest BCUT2D eigenvalue weighted by atomic mass is 16.4. The Kier molecular flexibility index (Phi) is 6.39. The summed E-state index contributed by atoms with van der Waals surface area (Å²) < 4.78 is 0. The molecule has 0 aromatic rings. The minimum atomic E-state index is -1.57. The molecule has 1 atom stereocenters. The van der Waals surface area contributed by atoms with Gasteiger partial charge in [0.25, 0.3) is 0 Å². The molecule has 0 rings (SSSR count). The average molecular weight is 219 g/mol. The van der Waals surface area contributed by atoms with E-state index < -0.39 is 18.1 Å². The van der Waals surface area contributed by atoms with E-state index in [-0.39, 0.29) is 6.54 Å². The Hall–Kier alpha value is -1.34. The normalized spacial score (nSPS) is 12.3. The maximum absolute atomic E-state index is 11.0. The van der Waals surface area contributed by atoms with Crippen LogP contribution in [0.15, 0.2) is 0 Å². The van der Waals surface area contributed by atoms with Crippen molar-refractivity contribution in [2.75, 3.05) is 33.7 Å². The Labute approximate surface area is 88.1 Å². The van der Waals surface area contributed by atoms with Crippen LogP contribution in [-0.2, 0) is 4.79 Å². The van der Waals surface area contributed by atoms with Gasteiger partial charge >= 0.3 is 12.0 Å². The van der Waals surface area contributed by atoms with Crippen molar-refractivity contribution < 1.29 is 19.8 Å². The Balaban J connectivity index is 3.53. The first-order chi connectivity index (χ1) is 6.93. The van der Waals surface area contributed by atoms with E-state index in [4.69, 9.17) is 10.2 Å². The summed E-state index contributed by atoms with van der Waals surface area (Å²) in [7, 11) is 3.74. The third-order valence-corrected chi connectivity index (χ3v) is 1.59. The number of urea groups is 1. The van der Waals surface area contributed by atoms with Gasteiger partial charge in [-0.3, -0.25) is 0 Å². The number of hydrogen-bond acceptors (Lipinski definition) is 4. The Morgan fingerprint density at radius 2 is 1.93 bits per heavy atom. The molecule has 15 heavy (non-hydrogen) atoms. The third-order valence-electron chi connectivity index (χ3n) is 1.59. The maximum Gasteiger partial charge on any atom is 0.334 e. The summed E-state index contributed by atoms with van der Waals surface area (Å²) in [5, 5.41) is 21.9. The fraction of sp³-hybridized carbons (Fsp3) is 0.750. The highest BCUT2D eigenvalue weighted by molar-refractivity contribution is 5.76.